The number of amides is 1. The van der Waals surface area contributed by atoms with E-state index in [-0.39, 0.29) is 5.41 Å². The maximum atomic E-state index is 10.7. The summed E-state index contributed by atoms with van der Waals surface area (Å²) in [6.07, 6.45) is 0.955. The minimum atomic E-state index is -1.01. The summed E-state index contributed by atoms with van der Waals surface area (Å²) in [7, 11) is 0. The average Bonchev–Trinajstić information content (AvgIpc) is 2.36. The molecule has 0 heterocycles. The van der Waals surface area contributed by atoms with Crippen LogP contribution in [0.25, 0.3) is 0 Å². The number of carbonyl (C=O) groups excluding carboxylic acids is 1. The molecule has 1 atom stereocenters. The van der Waals surface area contributed by atoms with Gasteiger partial charge in [0.05, 0.1) is 0 Å². The highest BCUT2D eigenvalue weighted by Gasteiger charge is 2.67. The van der Waals surface area contributed by atoms with Gasteiger partial charge in [-0.25, -0.2) is 4.79 Å². The van der Waals surface area contributed by atoms with E-state index in [1.807, 2.05) is 13.8 Å². The molecule has 0 spiro atoms. The Balaban J connectivity index is 2.79. The van der Waals surface area contributed by atoms with Crippen molar-refractivity contribution < 1.29 is 14.7 Å². The lowest BCUT2D eigenvalue weighted by atomic mass is 10.1. The number of nitrogens with one attached hydrogen (secondary N) is 1. The number of carboxylic acids is 1. The van der Waals surface area contributed by atoms with Gasteiger partial charge in [0, 0.05) is 5.41 Å². The van der Waals surface area contributed by atoms with Gasteiger partial charge in [-0.2, -0.15) is 0 Å². The van der Waals surface area contributed by atoms with E-state index >= 15 is 0 Å². The molecule has 62 valence electrons. The predicted octanol–water partition coefficient (Wildman–Crippen LogP) is -0.0143. The van der Waals surface area contributed by atoms with Crippen LogP contribution in [-0.2, 0) is 9.59 Å². The van der Waals surface area contributed by atoms with Gasteiger partial charge in [0.1, 0.15) is 5.54 Å². The maximum absolute atomic E-state index is 10.7. The van der Waals surface area contributed by atoms with E-state index in [0.29, 0.717) is 12.8 Å². The summed E-state index contributed by atoms with van der Waals surface area (Å²) in [6, 6.07) is 0. The minimum absolute atomic E-state index is 0.306. The van der Waals surface area contributed by atoms with E-state index in [1.54, 1.807) is 0 Å². The zero-order valence-corrected chi connectivity index (χ0v) is 6.55. The van der Waals surface area contributed by atoms with E-state index in [2.05, 4.69) is 5.32 Å². The van der Waals surface area contributed by atoms with Crippen LogP contribution in [-0.4, -0.2) is 23.0 Å². The molecule has 1 unspecified atom stereocenters. The number of carboxylic acid groups (broad SMARTS) is 1. The Hall–Kier alpha value is -1.06. The van der Waals surface area contributed by atoms with Crippen molar-refractivity contribution in [3.63, 3.8) is 0 Å². The van der Waals surface area contributed by atoms with Crippen LogP contribution >= 0.6 is 0 Å². The molecule has 0 aliphatic heterocycles. The summed E-state index contributed by atoms with van der Waals surface area (Å²) in [4.78, 5) is 20.7. The third-order valence-corrected chi connectivity index (χ3v) is 2.41. The van der Waals surface area contributed by atoms with Gasteiger partial charge < -0.3 is 10.4 Å². The lowest BCUT2D eigenvalue weighted by Gasteiger charge is -2.13. The van der Waals surface area contributed by atoms with E-state index in [4.69, 9.17) is 5.11 Å². The smallest absolute Gasteiger partial charge is 0.329 e. The number of rotatable bonds is 3. The highest BCUT2D eigenvalue weighted by Crippen LogP contribution is 2.55. The Kier molecular flexibility index (Phi) is 1.44. The number of hydrogen-bond donors (Lipinski definition) is 2. The first-order chi connectivity index (χ1) is 4.96. The monoisotopic (exact) mass is 157 g/mol. The van der Waals surface area contributed by atoms with Crippen molar-refractivity contribution in [1.29, 1.82) is 0 Å². The lowest BCUT2D eigenvalue weighted by Crippen LogP contribution is -2.42. The Morgan fingerprint density at radius 2 is 2.09 bits per heavy atom. The lowest BCUT2D eigenvalue weighted by molar-refractivity contribution is -0.143. The molecule has 4 nitrogen and oxygen atoms in total. The molecule has 1 amide bonds. The Labute approximate surface area is 64.6 Å². The summed E-state index contributed by atoms with van der Waals surface area (Å²) >= 11 is 0. The molecule has 1 aliphatic rings. The van der Waals surface area contributed by atoms with E-state index in [9.17, 15) is 9.59 Å². The SMILES string of the molecule is CC1(C)CC1(NC=O)C(=O)O. The summed E-state index contributed by atoms with van der Waals surface area (Å²) in [5.41, 5.74) is -1.31. The molecule has 0 saturated heterocycles. The standard InChI is InChI=1S/C7H11NO3/c1-6(2)3-7(6,5(10)11)8-4-9/h4H,3H2,1-2H3,(H,8,9)(H,10,11). The Morgan fingerprint density at radius 3 is 2.18 bits per heavy atom. The van der Waals surface area contributed by atoms with Gasteiger partial charge in [-0.15, -0.1) is 0 Å². The Morgan fingerprint density at radius 1 is 1.64 bits per heavy atom. The molecule has 1 fully saturated rings. The van der Waals surface area contributed by atoms with Crippen LogP contribution in [0.2, 0.25) is 0 Å². The third kappa shape index (κ3) is 0.895. The van der Waals surface area contributed by atoms with Crippen molar-refractivity contribution in [1.82, 2.24) is 5.32 Å². The Bertz CT molecular complexity index is 212. The minimum Gasteiger partial charge on any atom is -0.479 e. The van der Waals surface area contributed by atoms with Gasteiger partial charge >= 0.3 is 5.97 Å². The van der Waals surface area contributed by atoms with Crippen molar-refractivity contribution in [3.8, 4) is 0 Å². The average molecular weight is 157 g/mol. The molecule has 4 heteroatoms. The van der Waals surface area contributed by atoms with Gasteiger partial charge in [0.25, 0.3) is 0 Å². The fourth-order valence-corrected chi connectivity index (χ4v) is 1.39. The second kappa shape index (κ2) is 1.96. The molecule has 1 saturated carbocycles. The molecule has 0 bridgehead atoms. The number of hydrogen-bond acceptors (Lipinski definition) is 2. The molecule has 1 aliphatic carbocycles. The van der Waals surface area contributed by atoms with Crippen molar-refractivity contribution in [2.24, 2.45) is 5.41 Å². The summed E-state index contributed by atoms with van der Waals surface area (Å²) in [5.74, 6) is -0.949. The second-order valence-corrected chi connectivity index (χ2v) is 3.53. The van der Waals surface area contributed by atoms with Crippen LogP contribution in [0.3, 0.4) is 0 Å². The summed E-state index contributed by atoms with van der Waals surface area (Å²) in [6.45, 7) is 3.63. The summed E-state index contributed by atoms with van der Waals surface area (Å²) in [5, 5.41) is 11.1. The van der Waals surface area contributed by atoms with Gasteiger partial charge in [0.2, 0.25) is 6.41 Å². The molecule has 11 heavy (non-hydrogen) atoms. The first-order valence-corrected chi connectivity index (χ1v) is 3.41. The first kappa shape index (κ1) is 8.04. The van der Waals surface area contributed by atoms with Gasteiger partial charge in [-0.3, -0.25) is 4.79 Å². The largest absolute Gasteiger partial charge is 0.479 e. The number of aliphatic carboxylic acids is 1. The predicted molar refractivity (Wildman–Crippen MR) is 38.0 cm³/mol. The summed E-state index contributed by atoms with van der Waals surface area (Å²) < 4.78 is 0. The third-order valence-electron chi connectivity index (χ3n) is 2.41. The first-order valence-electron chi connectivity index (χ1n) is 3.41. The quantitative estimate of drug-likeness (QED) is 0.566. The van der Waals surface area contributed by atoms with Crippen LogP contribution in [0.15, 0.2) is 0 Å². The zero-order valence-electron chi connectivity index (χ0n) is 6.55. The molecule has 0 radical (unpaired) electrons. The van der Waals surface area contributed by atoms with Crippen molar-refractivity contribution in [2.45, 2.75) is 25.8 Å². The highest BCUT2D eigenvalue weighted by atomic mass is 16.4. The van der Waals surface area contributed by atoms with Crippen molar-refractivity contribution in [3.05, 3.63) is 0 Å². The van der Waals surface area contributed by atoms with Gasteiger partial charge in [0.15, 0.2) is 0 Å². The molecule has 0 aromatic heterocycles. The molecule has 0 aromatic carbocycles. The van der Waals surface area contributed by atoms with Crippen LogP contribution < -0.4 is 5.32 Å². The van der Waals surface area contributed by atoms with Crippen LogP contribution in [0.5, 0.6) is 0 Å². The molecule has 2 N–H and O–H groups in total. The van der Waals surface area contributed by atoms with Crippen LogP contribution in [0.4, 0.5) is 0 Å². The van der Waals surface area contributed by atoms with E-state index in [1.165, 1.54) is 0 Å². The molecular formula is C7H11NO3. The van der Waals surface area contributed by atoms with Crippen LogP contribution in [0, 0.1) is 5.41 Å². The number of carbonyl (C=O) groups is 2. The van der Waals surface area contributed by atoms with Gasteiger partial charge in [-0.05, 0) is 6.42 Å². The van der Waals surface area contributed by atoms with E-state index < -0.39 is 11.5 Å². The van der Waals surface area contributed by atoms with E-state index in [0.717, 1.165) is 0 Å². The molecule has 1 rings (SSSR count). The fourth-order valence-electron chi connectivity index (χ4n) is 1.39. The molecule has 0 aromatic rings. The highest BCUT2D eigenvalue weighted by molar-refractivity contribution is 5.87. The zero-order chi connectivity index (χ0) is 8.70. The normalized spacial score (nSPS) is 32.5. The second-order valence-electron chi connectivity index (χ2n) is 3.53. The van der Waals surface area contributed by atoms with Crippen molar-refractivity contribution in [2.75, 3.05) is 0 Å². The van der Waals surface area contributed by atoms with Crippen LogP contribution in [0.1, 0.15) is 20.3 Å². The van der Waals surface area contributed by atoms with Gasteiger partial charge in [-0.1, -0.05) is 13.8 Å². The topological polar surface area (TPSA) is 66.4 Å². The molecular weight excluding hydrogens is 146 g/mol. The van der Waals surface area contributed by atoms with Crippen molar-refractivity contribution >= 4 is 12.4 Å². The maximum Gasteiger partial charge on any atom is 0.329 e. The fraction of sp³-hybridized carbons (Fsp3) is 0.714.